The van der Waals surface area contributed by atoms with Crippen LogP contribution in [0.1, 0.15) is 36.0 Å². The number of aromatic nitrogens is 2. The third kappa shape index (κ3) is 3.26. The lowest BCUT2D eigenvalue weighted by atomic mass is 10.0. The third-order valence-electron chi connectivity index (χ3n) is 4.41. The van der Waals surface area contributed by atoms with Crippen LogP contribution in [0.15, 0.2) is 60.0 Å². The van der Waals surface area contributed by atoms with Gasteiger partial charge in [-0.3, -0.25) is 9.78 Å². The number of benzene rings is 1. The summed E-state index contributed by atoms with van der Waals surface area (Å²) in [6.45, 7) is 0. The fraction of sp³-hybridized carbons (Fsp3) is 0.200. The minimum Gasteiger partial charge on any atom is -0.267 e. The summed E-state index contributed by atoms with van der Waals surface area (Å²) in [7, 11) is 0. The summed E-state index contributed by atoms with van der Waals surface area (Å²) in [6, 6.07) is 13.3. The smallest absolute Gasteiger partial charge is 0.267 e. The first-order valence-corrected chi connectivity index (χ1v) is 8.47. The van der Waals surface area contributed by atoms with E-state index in [2.05, 4.69) is 20.5 Å². The first-order chi connectivity index (χ1) is 12.3. The highest BCUT2D eigenvalue weighted by Crippen LogP contribution is 2.24. The first kappa shape index (κ1) is 15.4. The van der Waals surface area contributed by atoms with Gasteiger partial charge in [0.25, 0.3) is 5.91 Å². The summed E-state index contributed by atoms with van der Waals surface area (Å²) >= 11 is 0. The topological polar surface area (TPSA) is 67.2 Å². The van der Waals surface area contributed by atoms with Crippen LogP contribution in [-0.4, -0.2) is 21.6 Å². The predicted octanol–water partition coefficient (Wildman–Crippen LogP) is 3.96. The molecule has 0 bridgehead atoms. The number of hydrogen-bond acceptors (Lipinski definition) is 4. The van der Waals surface area contributed by atoms with Crippen LogP contribution in [0.4, 0.5) is 0 Å². The van der Waals surface area contributed by atoms with Gasteiger partial charge in [0.1, 0.15) is 0 Å². The third-order valence-corrected chi connectivity index (χ3v) is 4.41. The number of fused-ring (bicyclic) bond motifs is 1. The number of para-hydroxylation sites is 1. The highest BCUT2D eigenvalue weighted by atomic mass is 16.2. The summed E-state index contributed by atoms with van der Waals surface area (Å²) in [6.07, 6.45) is 7.71. The maximum Gasteiger partial charge on any atom is 0.272 e. The van der Waals surface area contributed by atoms with Crippen LogP contribution in [0, 0.1) is 0 Å². The molecule has 124 valence electrons. The van der Waals surface area contributed by atoms with Gasteiger partial charge in [0.15, 0.2) is 0 Å². The highest BCUT2D eigenvalue weighted by molar-refractivity contribution is 6.07. The zero-order valence-electron chi connectivity index (χ0n) is 13.8. The Labute approximate surface area is 145 Å². The standard InChI is InChI=1S/C20H18N4O/c25-20(24-23-15-7-1-2-8-15)17-12-19(14-6-5-11-21-13-14)22-18-10-4-3-9-16(17)18/h3-6,9-13H,1-2,7-8H2,(H,24,25). The van der Waals surface area contributed by atoms with E-state index in [0.29, 0.717) is 5.56 Å². The molecule has 1 aromatic carbocycles. The average Bonchev–Trinajstić information content (AvgIpc) is 3.19. The summed E-state index contributed by atoms with van der Waals surface area (Å²) < 4.78 is 0. The van der Waals surface area contributed by atoms with Crippen molar-refractivity contribution in [1.82, 2.24) is 15.4 Å². The molecule has 3 aromatic rings. The Morgan fingerprint density at radius 3 is 2.72 bits per heavy atom. The minimum atomic E-state index is -0.205. The fourth-order valence-electron chi connectivity index (χ4n) is 3.11. The Morgan fingerprint density at radius 2 is 1.92 bits per heavy atom. The molecule has 5 heteroatoms. The van der Waals surface area contributed by atoms with Gasteiger partial charge in [-0.25, -0.2) is 10.4 Å². The van der Waals surface area contributed by atoms with Gasteiger partial charge in [-0.05, 0) is 49.9 Å². The summed E-state index contributed by atoms with van der Waals surface area (Å²) in [5.74, 6) is -0.205. The van der Waals surface area contributed by atoms with Crippen LogP contribution in [0.2, 0.25) is 0 Å². The van der Waals surface area contributed by atoms with E-state index >= 15 is 0 Å². The molecular formula is C20H18N4O. The molecule has 1 fully saturated rings. The molecule has 5 nitrogen and oxygen atoms in total. The Bertz CT molecular complexity index is 942. The van der Waals surface area contributed by atoms with Gasteiger partial charge < -0.3 is 0 Å². The first-order valence-electron chi connectivity index (χ1n) is 8.47. The molecule has 2 heterocycles. The summed E-state index contributed by atoms with van der Waals surface area (Å²) in [5.41, 5.74) is 6.75. The lowest BCUT2D eigenvalue weighted by Gasteiger charge is -2.09. The van der Waals surface area contributed by atoms with Crippen LogP contribution in [0.25, 0.3) is 22.2 Å². The van der Waals surface area contributed by atoms with Gasteiger partial charge in [0, 0.05) is 29.1 Å². The Kier molecular flexibility index (Phi) is 4.21. The minimum absolute atomic E-state index is 0.205. The Balaban J connectivity index is 1.76. The molecule has 1 amide bonds. The number of carbonyl (C=O) groups is 1. The van der Waals surface area contributed by atoms with Crippen molar-refractivity contribution in [1.29, 1.82) is 0 Å². The van der Waals surface area contributed by atoms with E-state index in [1.54, 1.807) is 12.4 Å². The van der Waals surface area contributed by atoms with Crippen molar-refractivity contribution in [2.24, 2.45) is 5.10 Å². The van der Waals surface area contributed by atoms with E-state index in [1.165, 1.54) is 0 Å². The van der Waals surface area contributed by atoms with Gasteiger partial charge in [0.05, 0.1) is 16.8 Å². The zero-order valence-corrected chi connectivity index (χ0v) is 13.8. The van der Waals surface area contributed by atoms with E-state index in [1.807, 2.05) is 42.5 Å². The number of hydrogen-bond donors (Lipinski definition) is 1. The van der Waals surface area contributed by atoms with E-state index in [-0.39, 0.29) is 5.91 Å². The zero-order chi connectivity index (χ0) is 17.1. The van der Waals surface area contributed by atoms with Gasteiger partial charge in [0.2, 0.25) is 0 Å². The normalized spacial score (nSPS) is 13.8. The number of rotatable bonds is 3. The molecule has 0 radical (unpaired) electrons. The van der Waals surface area contributed by atoms with Crippen LogP contribution in [0.5, 0.6) is 0 Å². The predicted molar refractivity (Wildman–Crippen MR) is 98.3 cm³/mol. The molecule has 4 rings (SSSR count). The molecule has 0 atom stereocenters. The second-order valence-corrected chi connectivity index (χ2v) is 6.14. The molecule has 0 aliphatic heterocycles. The number of nitrogens with one attached hydrogen (secondary N) is 1. The molecule has 1 N–H and O–H groups in total. The van der Waals surface area contributed by atoms with Crippen LogP contribution in [-0.2, 0) is 0 Å². The lowest BCUT2D eigenvalue weighted by Crippen LogP contribution is -2.19. The number of nitrogens with zero attached hydrogens (tertiary/aromatic N) is 3. The summed E-state index contributed by atoms with van der Waals surface area (Å²) in [5, 5.41) is 5.11. The second kappa shape index (κ2) is 6.81. The molecular weight excluding hydrogens is 312 g/mol. The number of pyridine rings is 2. The van der Waals surface area contributed by atoms with Crippen molar-refractivity contribution in [2.75, 3.05) is 0 Å². The quantitative estimate of drug-likeness (QED) is 0.739. The monoisotopic (exact) mass is 330 g/mol. The van der Waals surface area contributed by atoms with Crippen LogP contribution in [0.3, 0.4) is 0 Å². The van der Waals surface area contributed by atoms with Gasteiger partial charge >= 0.3 is 0 Å². The fourth-order valence-corrected chi connectivity index (χ4v) is 3.11. The number of carbonyl (C=O) groups excluding carboxylic acids is 1. The van der Waals surface area contributed by atoms with Crippen LogP contribution < -0.4 is 5.43 Å². The van der Waals surface area contributed by atoms with Crippen LogP contribution >= 0.6 is 0 Å². The van der Waals surface area contributed by atoms with Crippen molar-refractivity contribution in [3.05, 3.63) is 60.4 Å². The molecule has 0 spiro atoms. The molecule has 1 aliphatic rings. The van der Waals surface area contributed by atoms with Crippen molar-refractivity contribution >= 4 is 22.5 Å². The Hall–Kier alpha value is -3.08. The van der Waals surface area contributed by atoms with Crippen molar-refractivity contribution in [3.8, 4) is 11.3 Å². The Morgan fingerprint density at radius 1 is 1.08 bits per heavy atom. The highest BCUT2D eigenvalue weighted by Gasteiger charge is 2.15. The number of hydrazone groups is 1. The second-order valence-electron chi connectivity index (χ2n) is 6.14. The van der Waals surface area contributed by atoms with Gasteiger partial charge in [-0.1, -0.05) is 18.2 Å². The van der Waals surface area contributed by atoms with Gasteiger partial charge in [-0.15, -0.1) is 0 Å². The lowest BCUT2D eigenvalue weighted by molar-refractivity contribution is 0.0956. The van der Waals surface area contributed by atoms with Crippen molar-refractivity contribution in [2.45, 2.75) is 25.7 Å². The largest absolute Gasteiger partial charge is 0.272 e. The SMILES string of the molecule is O=C(NN=C1CCCC1)c1cc(-c2cccnc2)nc2ccccc12. The van der Waals surface area contributed by atoms with E-state index in [9.17, 15) is 4.79 Å². The van der Waals surface area contributed by atoms with Gasteiger partial charge in [-0.2, -0.15) is 5.10 Å². The molecule has 25 heavy (non-hydrogen) atoms. The molecule has 0 saturated heterocycles. The molecule has 1 saturated carbocycles. The maximum atomic E-state index is 12.7. The van der Waals surface area contributed by atoms with Crippen molar-refractivity contribution in [3.63, 3.8) is 0 Å². The molecule has 2 aromatic heterocycles. The molecule has 0 unspecified atom stereocenters. The van der Waals surface area contributed by atoms with E-state index in [4.69, 9.17) is 0 Å². The van der Waals surface area contributed by atoms with E-state index in [0.717, 1.165) is 53.6 Å². The van der Waals surface area contributed by atoms with E-state index < -0.39 is 0 Å². The molecule has 1 aliphatic carbocycles. The average molecular weight is 330 g/mol. The summed E-state index contributed by atoms with van der Waals surface area (Å²) in [4.78, 5) is 21.5. The maximum absolute atomic E-state index is 12.7. The van der Waals surface area contributed by atoms with Crippen molar-refractivity contribution < 1.29 is 4.79 Å². The number of amides is 1.